The molecule has 0 bridgehead atoms. The first-order valence-electron chi connectivity index (χ1n) is 7.21. The molecule has 112 valence electrons. The standard InChI is InChI=1S/C16H23BrFNO/c1-11-5-7-16(20-2,8-6-11)15(19)9-12-3-4-13(17)10-14(12)18/h3-4,10-11,15H,5-9,19H2,1-2H3. The molecule has 1 aliphatic carbocycles. The smallest absolute Gasteiger partial charge is 0.127 e. The molecule has 0 spiro atoms. The first-order valence-corrected chi connectivity index (χ1v) is 8.01. The van der Waals surface area contributed by atoms with E-state index in [0.29, 0.717) is 12.0 Å². The van der Waals surface area contributed by atoms with E-state index in [4.69, 9.17) is 10.5 Å². The highest BCUT2D eigenvalue weighted by atomic mass is 79.9. The van der Waals surface area contributed by atoms with Gasteiger partial charge in [0.25, 0.3) is 0 Å². The van der Waals surface area contributed by atoms with E-state index in [1.807, 2.05) is 6.07 Å². The molecule has 0 heterocycles. The highest BCUT2D eigenvalue weighted by molar-refractivity contribution is 9.10. The largest absolute Gasteiger partial charge is 0.377 e. The molecule has 1 saturated carbocycles. The van der Waals surface area contributed by atoms with Crippen LogP contribution in [-0.4, -0.2) is 18.8 Å². The molecule has 2 rings (SSSR count). The number of halogens is 2. The molecule has 1 unspecified atom stereocenters. The van der Waals surface area contributed by atoms with E-state index in [0.717, 1.165) is 36.1 Å². The van der Waals surface area contributed by atoms with Crippen LogP contribution in [0.15, 0.2) is 22.7 Å². The summed E-state index contributed by atoms with van der Waals surface area (Å²) in [5.74, 6) is 0.528. The van der Waals surface area contributed by atoms with Crippen molar-refractivity contribution in [1.29, 1.82) is 0 Å². The summed E-state index contributed by atoms with van der Waals surface area (Å²) in [7, 11) is 1.73. The molecule has 2 N–H and O–H groups in total. The number of ether oxygens (including phenoxy) is 1. The number of benzene rings is 1. The van der Waals surface area contributed by atoms with Gasteiger partial charge in [-0.3, -0.25) is 0 Å². The molecule has 1 aromatic rings. The molecule has 1 aliphatic rings. The number of methoxy groups -OCH3 is 1. The number of hydrogen-bond donors (Lipinski definition) is 1. The molecule has 4 heteroatoms. The van der Waals surface area contributed by atoms with Gasteiger partial charge in [-0.25, -0.2) is 4.39 Å². The summed E-state index contributed by atoms with van der Waals surface area (Å²) in [4.78, 5) is 0. The van der Waals surface area contributed by atoms with Crippen LogP contribution in [0.2, 0.25) is 0 Å². The molecular weight excluding hydrogens is 321 g/mol. The molecule has 0 radical (unpaired) electrons. The van der Waals surface area contributed by atoms with E-state index in [1.54, 1.807) is 13.2 Å². The van der Waals surface area contributed by atoms with Crippen molar-refractivity contribution in [3.05, 3.63) is 34.1 Å². The van der Waals surface area contributed by atoms with Gasteiger partial charge < -0.3 is 10.5 Å². The number of rotatable bonds is 4. The molecule has 2 nitrogen and oxygen atoms in total. The number of nitrogens with two attached hydrogens (primary N) is 1. The van der Waals surface area contributed by atoms with Crippen molar-refractivity contribution in [3.8, 4) is 0 Å². The van der Waals surface area contributed by atoms with Crippen molar-refractivity contribution < 1.29 is 9.13 Å². The Morgan fingerprint density at radius 3 is 2.65 bits per heavy atom. The van der Waals surface area contributed by atoms with Crippen LogP contribution < -0.4 is 5.73 Å². The van der Waals surface area contributed by atoms with E-state index >= 15 is 0 Å². The average molecular weight is 344 g/mol. The monoisotopic (exact) mass is 343 g/mol. The number of hydrogen-bond acceptors (Lipinski definition) is 2. The molecule has 1 aromatic carbocycles. The maximum atomic E-state index is 13.9. The Hall–Kier alpha value is -0.450. The zero-order chi connectivity index (χ0) is 14.8. The van der Waals surface area contributed by atoms with Crippen LogP contribution in [0.3, 0.4) is 0 Å². The third-order valence-corrected chi connectivity index (χ3v) is 5.15. The van der Waals surface area contributed by atoms with E-state index < -0.39 is 0 Å². The third kappa shape index (κ3) is 3.41. The molecule has 0 saturated heterocycles. The van der Waals surface area contributed by atoms with Crippen LogP contribution >= 0.6 is 15.9 Å². The molecule has 1 fully saturated rings. The van der Waals surface area contributed by atoms with Crippen LogP contribution in [-0.2, 0) is 11.2 Å². The van der Waals surface area contributed by atoms with Crippen LogP contribution in [0.4, 0.5) is 4.39 Å². The van der Waals surface area contributed by atoms with E-state index in [2.05, 4.69) is 22.9 Å². The first-order chi connectivity index (χ1) is 9.47. The van der Waals surface area contributed by atoms with Crippen molar-refractivity contribution in [2.45, 2.75) is 50.7 Å². The summed E-state index contributed by atoms with van der Waals surface area (Å²) in [5, 5.41) is 0. The van der Waals surface area contributed by atoms with E-state index in [1.165, 1.54) is 6.07 Å². The summed E-state index contributed by atoms with van der Waals surface area (Å²) < 4.78 is 20.5. The third-order valence-electron chi connectivity index (χ3n) is 4.66. The van der Waals surface area contributed by atoms with Crippen LogP contribution in [0.25, 0.3) is 0 Å². The lowest BCUT2D eigenvalue weighted by molar-refractivity contribution is -0.0660. The van der Waals surface area contributed by atoms with Crippen molar-refractivity contribution >= 4 is 15.9 Å². The highest BCUT2D eigenvalue weighted by Crippen LogP contribution is 2.37. The Kier molecular flexibility index (Phi) is 5.21. The predicted octanol–water partition coefficient (Wildman–Crippen LogP) is 4.05. The molecular formula is C16H23BrFNO. The Balaban J connectivity index is 2.11. The summed E-state index contributed by atoms with van der Waals surface area (Å²) in [5.41, 5.74) is 6.74. The van der Waals surface area contributed by atoms with E-state index in [9.17, 15) is 4.39 Å². The lowest BCUT2D eigenvalue weighted by atomic mass is 9.74. The Labute approximate surface area is 129 Å². The molecule has 20 heavy (non-hydrogen) atoms. The molecule has 0 aliphatic heterocycles. The van der Waals surface area contributed by atoms with Gasteiger partial charge >= 0.3 is 0 Å². The van der Waals surface area contributed by atoms with Crippen molar-refractivity contribution in [1.82, 2.24) is 0 Å². The minimum atomic E-state index is -0.300. The second kappa shape index (κ2) is 6.54. The SMILES string of the molecule is COC1(C(N)Cc2ccc(Br)cc2F)CCC(C)CC1. The van der Waals surface area contributed by atoms with Gasteiger partial charge in [-0.15, -0.1) is 0 Å². The normalized spacial score (nSPS) is 28.4. The van der Waals surface area contributed by atoms with Crippen molar-refractivity contribution in [2.75, 3.05) is 7.11 Å². The second-order valence-electron chi connectivity index (χ2n) is 6.00. The maximum Gasteiger partial charge on any atom is 0.127 e. The lowest BCUT2D eigenvalue weighted by Gasteiger charge is -2.42. The summed E-state index contributed by atoms with van der Waals surface area (Å²) in [6.45, 7) is 2.26. The second-order valence-corrected chi connectivity index (χ2v) is 6.91. The van der Waals surface area contributed by atoms with E-state index in [-0.39, 0.29) is 17.5 Å². The lowest BCUT2D eigenvalue weighted by Crippen LogP contribution is -2.52. The van der Waals surface area contributed by atoms with Crippen molar-refractivity contribution in [2.24, 2.45) is 11.7 Å². The summed E-state index contributed by atoms with van der Waals surface area (Å²) >= 11 is 3.27. The van der Waals surface area contributed by atoms with Gasteiger partial charge in [-0.2, -0.15) is 0 Å². The fourth-order valence-electron chi connectivity index (χ4n) is 3.09. The van der Waals surface area contributed by atoms with Gasteiger partial charge in [0.2, 0.25) is 0 Å². The Morgan fingerprint density at radius 2 is 2.10 bits per heavy atom. The fourth-order valence-corrected chi connectivity index (χ4v) is 3.42. The average Bonchev–Trinajstić information content (AvgIpc) is 2.43. The fraction of sp³-hybridized carbons (Fsp3) is 0.625. The maximum absolute atomic E-state index is 13.9. The zero-order valence-corrected chi connectivity index (χ0v) is 13.7. The van der Waals surface area contributed by atoms with Gasteiger partial charge in [-0.1, -0.05) is 28.9 Å². The zero-order valence-electron chi connectivity index (χ0n) is 12.2. The van der Waals surface area contributed by atoms with Gasteiger partial charge in [0.15, 0.2) is 0 Å². The molecule has 0 aromatic heterocycles. The summed E-state index contributed by atoms with van der Waals surface area (Å²) in [6.07, 6.45) is 4.70. The molecule has 1 atom stereocenters. The minimum Gasteiger partial charge on any atom is -0.377 e. The molecule has 0 amide bonds. The van der Waals surface area contributed by atoms with Crippen LogP contribution in [0.1, 0.15) is 38.2 Å². The van der Waals surface area contributed by atoms with Crippen LogP contribution in [0.5, 0.6) is 0 Å². The van der Waals surface area contributed by atoms with Gasteiger partial charge in [-0.05, 0) is 55.7 Å². The van der Waals surface area contributed by atoms with Gasteiger partial charge in [0, 0.05) is 17.6 Å². The van der Waals surface area contributed by atoms with Gasteiger partial charge in [0.05, 0.1) is 5.60 Å². The topological polar surface area (TPSA) is 35.2 Å². The van der Waals surface area contributed by atoms with Crippen molar-refractivity contribution in [3.63, 3.8) is 0 Å². The first kappa shape index (κ1) is 15.9. The van der Waals surface area contributed by atoms with Gasteiger partial charge in [0.1, 0.15) is 5.82 Å². The summed E-state index contributed by atoms with van der Waals surface area (Å²) in [6, 6.07) is 4.97. The highest BCUT2D eigenvalue weighted by Gasteiger charge is 2.39. The quantitative estimate of drug-likeness (QED) is 0.894. The Bertz CT molecular complexity index is 458. The van der Waals surface area contributed by atoms with Crippen LogP contribution in [0, 0.1) is 11.7 Å². The predicted molar refractivity (Wildman–Crippen MR) is 83.2 cm³/mol. The minimum absolute atomic E-state index is 0.171. The Morgan fingerprint density at radius 1 is 1.45 bits per heavy atom.